The summed E-state index contributed by atoms with van der Waals surface area (Å²) in [5.74, 6) is 0.822. The van der Waals surface area contributed by atoms with Crippen LogP contribution in [0.2, 0.25) is 0 Å². The quantitative estimate of drug-likeness (QED) is 0.714. The third kappa shape index (κ3) is 2.58. The zero-order valence-electron chi connectivity index (χ0n) is 11.2. The first kappa shape index (κ1) is 12.9. The number of rotatable bonds is 3. The van der Waals surface area contributed by atoms with Gasteiger partial charge in [0.1, 0.15) is 5.75 Å². The second-order valence-corrected chi connectivity index (χ2v) is 5.63. The minimum Gasteiger partial charge on any atom is -0.497 e. The lowest BCUT2D eigenvalue weighted by Crippen LogP contribution is -1.90. The first-order valence-corrected chi connectivity index (χ1v) is 7.18. The van der Waals surface area contributed by atoms with Crippen LogP contribution in [0.4, 0.5) is 5.69 Å². The van der Waals surface area contributed by atoms with Gasteiger partial charge in [-0.15, -0.1) is 0 Å². The molecular formula is C17H15NOS. The molecule has 100 valence electrons. The van der Waals surface area contributed by atoms with Crippen LogP contribution in [0.25, 0.3) is 10.8 Å². The Morgan fingerprint density at radius 1 is 0.900 bits per heavy atom. The molecule has 0 atom stereocenters. The largest absolute Gasteiger partial charge is 0.497 e. The molecule has 0 aliphatic rings. The number of anilines is 1. The number of hydrogen-bond acceptors (Lipinski definition) is 3. The second-order valence-electron chi connectivity index (χ2n) is 4.51. The van der Waals surface area contributed by atoms with Crippen LogP contribution in [0.3, 0.4) is 0 Å². The molecule has 3 heteroatoms. The number of nitrogen functional groups attached to an aromatic ring is 1. The highest BCUT2D eigenvalue weighted by molar-refractivity contribution is 7.99. The maximum absolute atomic E-state index is 6.03. The van der Waals surface area contributed by atoms with Gasteiger partial charge in [0.05, 0.1) is 7.11 Å². The number of hydrogen-bond donors (Lipinski definition) is 1. The lowest BCUT2D eigenvalue weighted by Gasteiger charge is -2.08. The summed E-state index contributed by atoms with van der Waals surface area (Å²) in [6.07, 6.45) is 0. The SMILES string of the molecule is COc1ccc(N)c(Sc2ccc3ccccc3c2)c1. The van der Waals surface area contributed by atoms with Gasteiger partial charge in [-0.3, -0.25) is 0 Å². The molecule has 2 nitrogen and oxygen atoms in total. The Bertz CT molecular complexity index is 755. The molecule has 0 fully saturated rings. The summed E-state index contributed by atoms with van der Waals surface area (Å²) in [7, 11) is 1.66. The molecule has 0 amide bonds. The van der Waals surface area contributed by atoms with E-state index in [-0.39, 0.29) is 0 Å². The molecule has 0 spiro atoms. The van der Waals surface area contributed by atoms with Gasteiger partial charge in [-0.05, 0) is 41.1 Å². The number of fused-ring (bicyclic) bond motifs is 1. The molecule has 0 unspecified atom stereocenters. The molecule has 0 aromatic heterocycles. The van der Waals surface area contributed by atoms with Gasteiger partial charge in [-0.2, -0.15) is 0 Å². The Morgan fingerprint density at radius 2 is 1.70 bits per heavy atom. The smallest absolute Gasteiger partial charge is 0.120 e. The molecule has 0 aliphatic carbocycles. The third-order valence-corrected chi connectivity index (χ3v) is 4.23. The summed E-state index contributed by atoms with van der Waals surface area (Å²) < 4.78 is 5.25. The summed E-state index contributed by atoms with van der Waals surface area (Å²) in [4.78, 5) is 2.18. The average Bonchev–Trinajstić information content (AvgIpc) is 2.49. The van der Waals surface area contributed by atoms with Crippen molar-refractivity contribution in [2.45, 2.75) is 9.79 Å². The standard InChI is InChI=1S/C17H15NOS/c1-19-14-7-9-16(18)17(11-14)20-15-8-6-12-4-2-3-5-13(12)10-15/h2-11H,18H2,1H3. The zero-order chi connectivity index (χ0) is 13.9. The Labute approximate surface area is 122 Å². The van der Waals surface area contributed by atoms with Gasteiger partial charge in [-0.1, -0.05) is 42.1 Å². The molecule has 20 heavy (non-hydrogen) atoms. The van der Waals surface area contributed by atoms with E-state index < -0.39 is 0 Å². The van der Waals surface area contributed by atoms with Crippen LogP contribution in [-0.2, 0) is 0 Å². The number of nitrogens with two attached hydrogens (primary N) is 1. The lowest BCUT2D eigenvalue weighted by molar-refractivity contribution is 0.414. The van der Waals surface area contributed by atoms with Crippen LogP contribution >= 0.6 is 11.8 Å². The highest BCUT2D eigenvalue weighted by atomic mass is 32.2. The van der Waals surface area contributed by atoms with E-state index in [0.29, 0.717) is 0 Å². The summed E-state index contributed by atoms with van der Waals surface area (Å²) in [5, 5.41) is 2.48. The fourth-order valence-corrected chi connectivity index (χ4v) is 3.02. The molecule has 3 rings (SSSR count). The van der Waals surface area contributed by atoms with E-state index in [1.165, 1.54) is 15.7 Å². The minimum absolute atomic E-state index is 0.768. The van der Waals surface area contributed by atoms with Crippen molar-refractivity contribution in [2.75, 3.05) is 12.8 Å². The minimum atomic E-state index is 0.768. The van der Waals surface area contributed by atoms with E-state index in [1.807, 2.05) is 18.2 Å². The van der Waals surface area contributed by atoms with Gasteiger partial charge in [-0.25, -0.2) is 0 Å². The normalized spacial score (nSPS) is 10.7. The Balaban J connectivity index is 1.96. The van der Waals surface area contributed by atoms with Gasteiger partial charge >= 0.3 is 0 Å². The molecule has 0 radical (unpaired) electrons. The van der Waals surface area contributed by atoms with Crippen molar-refractivity contribution in [3.63, 3.8) is 0 Å². The van der Waals surface area contributed by atoms with Gasteiger partial charge in [0, 0.05) is 15.5 Å². The second kappa shape index (κ2) is 5.47. The highest BCUT2D eigenvalue weighted by Crippen LogP contribution is 2.35. The van der Waals surface area contributed by atoms with Crippen LogP contribution in [0.1, 0.15) is 0 Å². The summed E-state index contributed by atoms with van der Waals surface area (Å²) in [6, 6.07) is 20.5. The van der Waals surface area contributed by atoms with E-state index in [1.54, 1.807) is 18.9 Å². The molecule has 3 aromatic carbocycles. The van der Waals surface area contributed by atoms with Crippen molar-refractivity contribution in [1.82, 2.24) is 0 Å². The van der Waals surface area contributed by atoms with Crippen LogP contribution in [0.15, 0.2) is 70.5 Å². The summed E-state index contributed by atoms with van der Waals surface area (Å²) >= 11 is 1.65. The molecule has 0 heterocycles. The van der Waals surface area contributed by atoms with Crippen molar-refractivity contribution >= 4 is 28.2 Å². The van der Waals surface area contributed by atoms with Crippen molar-refractivity contribution in [1.29, 1.82) is 0 Å². The van der Waals surface area contributed by atoms with E-state index >= 15 is 0 Å². The summed E-state index contributed by atoms with van der Waals surface area (Å²) in [5.41, 5.74) is 6.80. The van der Waals surface area contributed by atoms with Crippen LogP contribution in [0.5, 0.6) is 5.75 Å². The lowest BCUT2D eigenvalue weighted by atomic mass is 10.1. The van der Waals surface area contributed by atoms with Crippen molar-refractivity contribution in [3.8, 4) is 5.75 Å². The molecule has 0 saturated heterocycles. The van der Waals surface area contributed by atoms with Gasteiger partial charge in [0.2, 0.25) is 0 Å². The number of benzene rings is 3. The van der Waals surface area contributed by atoms with Gasteiger partial charge < -0.3 is 10.5 Å². The summed E-state index contributed by atoms with van der Waals surface area (Å²) in [6.45, 7) is 0. The van der Waals surface area contributed by atoms with Crippen molar-refractivity contribution < 1.29 is 4.74 Å². The van der Waals surface area contributed by atoms with E-state index in [2.05, 4.69) is 42.5 Å². The average molecular weight is 281 g/mol. The predicted octanol–water partition coefficient (Wildman–Crippen LogP) is 4.58. The fraction of sp³-hybridized carbons (Fsp3) is 0.0588. The highest BCUT2D eigenvalue weighted by Gasteiger charge is 2.05. The Hall–Kier alpha value is -2.13. The van der Waals surface area contributed by atoms with E-state index in [9.17, 15) is 0 Å². The van der Waals surface area contributed by atoms with Crippen molar-refractivity contribution in [2.24, 2.45) is 0 Å². The molecule has 0 bridgehead atoms. The van der Waals surface area contributed by atoms with E-state index in [4.69, 9.17) is 10.5 Å². The fourth-order valence-electron chi connectivity index (χ4n) is 2.09. The predicted molar refractivity (Wildman–Crippen MR) is 85.5 cm³/mol. The molecule has 3 aromatic rings. The van der Waals surface area contributed by atoms with Crippen molar-refractivity contribution in [3.05, 3.63) is 60.7 Å². The monoisotopic (exact) mass is 281 g/mol. The van der Waals surface area contributed by atoms with Crippen LogP contribution in [0, 0.1) is 0 Å². The number of ether oxygens (including phenoxy) is 1. The van der Waals surface area contributed by atoms with Crippen LogP contribution in [-0.4, -0.2) is 7.11 Å². The molecule has 2 N–H and O–H groups in total. The topological polar surface area (TPSA) is 35.2 Å². The van der Waals surface area contributed by atoms with Gasteiger partial charge in [0.15, 0.2) is 0 Å². The third-order valence-electron chi connectivity index (χ3n) is 3.17. The maximum atomic E-state index is 6.03. The molecular weight excluding hydrogens is 266 g/mol. The molecule has 0 aliphatic heterocycles. The number of methoxy groups -OCH3 is 1. The van der Waals surface area contributed by atoms with Gasteiger partial charge in [0.25, 0.3) is 0 Å². The maximum Gasteiger partial charge on any atom is 0.120 e. The first-order valence-electron chi connectivity index (χ1n) is 6.36. The zero-order valence-corrected chi connectivity index (χ0v) is 12.0. The molecule has 0 saturated carbocycles. The Morgan fingerprint density at radius 3 is 2.50 bits per heavy atom. The first-order chi connectivity index (χ1) is 9.76. The van der Waals surface area contributed by atoms with Crippen LogP contribution < -0.4 is 10.5 Å². The Kier molecular flexibility index (Phi) is 3.52. The van der Waals surface area contributed by atoms with E-state index in [0.717, 1.165) is 16.3 Å².